The van der Waals surface area contributed by atoms with E-state index in [1.165, 1.54) is 23.3 Å². The summed E-state index contributed by atoms with van der Waals surface area (Å²) in [7, 11) is 0. The van der Waals surface area contributed by atoms with Crippen LogP contribution in [0.25, 0.3) is 0 Å². The number of carbonyl (C=O) groups is 1. The molecular weight excluding hydrogens is 324 g/mol. The second-order valence-electron chi connectivity index (χ2n) is 6.43. The first-order valence-electron chi connectivity index (χ1n) is 8.40. The third-order valence-corrected chi connectivity index (χ3v) is 5.43. The fourth-order valence-corrected chi connectivity index (χ4v) is 4.02. The van der Waals surface area contributed by atoms with Gasteiger partial charge in [-0.05, 0) is 50.7 Å². The number of hydrogen-bond acceptors (Lipinski definition) is 7. The van der Waals surface area contributed by atoms with Gasteiger partial charge in [0.25, 0.3) is 0 Å². The lowest BCUT2D eigenvalue weighted by molar-refractivity contribution is -0.120. The molecule has 1 amide bonds. The van der Waals surface area contributed by atoms with Gasteiger partial charge in [0.1, 0.15) is 5.01 Å². The minimum atomic E-state index is -0.0574. The standard InChI is InChI=1S/C16H20N6OS/c1-10-18-21-16(24-10)17-15(23)12-5-3-7-22(9-12)14-8-11-4-2-6-13(11)19-20-14/h8,12H,2-7,9H2,1H3,(H,17,21,23). The summed E-state index contributed by atoms with van der Waals surface area (Å²) in [5, 5.41) is 21.0. The highest BCUT2D eigenvalue weighted by Crippen LogP contribution is 2.27. The van der Waals surface area contributed by atoms with Crippen molar-refractivity contribution in [3.8, 4) is 0 Å². The average Bonchev–Trinajstić information content (AvgIpc) is 3.23. The lowest BCUT2D eigenvalue weighted by Crippen LogP contribution is -2.41. The highest BCUT2D eigenvalue weighted by atomic mass is 32.1. The predicted molar refractivity (Wildman–Crippen MR) is 92.3 cm³/mol. The number of aryl methyl sites for hydroxylation is 3. The molecule has 1 aliphatic carbocycles. The van der Waals surface area contributed by atoms with Crippen molar-refractivity contribution in [2.24, 2.45) is 5.92 Å². The maximum absolute atomic E-state index is 12.5. The topological polar surface area (TPSA) is 83.9 Å². The van der Waals surface area contributed by atoms with Gasteiger partial charge in [-0.3, -0.25) is 4.79 Å². The summed E-state index contributed by atoms with van der Waals surface area (Å²) in [5.74, 6) is 0.864. The number of hydrogen-bond donors (Lipinski definition) is 1. The van der Waals surface area contributed by atoms with Gasteiger partial charge in [0, 0.05) is 13.1 Å². The SMILES string of the molecule is Cc1nnc(NC(=O)C2CCCN(c3cc4c(nn3)CCC4)C2)s1. The van der Waals surface area contributed by atoms with Crippen molar-refractivity contribution in [2.75, 3.05) is 23.3 Å². The van der Waals surface area contributed by atoms with Gasteiger partial charge in [-0.1, -0.05) is 11.3 Å². The quantitative estimate of drug-likeness (QED) is 0.916. The van der Waals surface area contributed by atoms with Crippen molar-refractivity contribution < 1.29 is 4.79 Å². The first-order chi connectivity index (χ1) is 11.7. The zero-order chi connectivity index (χ0) is 16.5. The summed E-state index contributed by atoms with van der Waals surface area (Å²) >= 11 is 1.40. The molecule has 1 fully saturated rings. The molecule has 2 aromatic heterocycles. The van der Waals surface area contributed by atoms with E-state index in [4.69, 9.17) is 0 Å². The Balaban J connectivity index is 1.44. The minimum Gasteiger partial charge on any atom is -0.354 e. The average molecular weight is 344 g/mol. The van der Waals surface area contributed by atoms with E-state index in [9.17, 15) is 4.79 Å². The normalized spacial score (nSPS) is 20.0. The van der Waals surface area contributed by atoms with E-state index in [-0.39, 0.29) is 11.8 Å². The second kappa shape index (κ2) is 6.43. The van der Waals surface area contributed by atoms with E-state index in [1.807, 2.05) is 6.92 Å². The van der Waals surface area contributed by atoms with Crippen LogP contribution < -0.4 is 10.2 Å². The molecule has 0 aromatic carbocycles. The van der Waals surface area contributed by atoms with Gasteiger partial charge >= 0.3 is 0 Å². The van der Waals surface area contributed by atoms with Gasteiger partial charge in [0.15, 0.2) is 5.82 Å². The molecule has 0 bridgehead atoms. The van der Waals surface area contributed by atoms with Crippen LogP contribution in [0, 0.1) is 12.8 Å². The number of aromatic nitrogens is 4. The summed E-state index contributed by atoms with van der Waals surface area (Å²) in [4.78, 5) is 14.7. The first-order valence-corrected chi connectivity index (χ1v) is 9.22. The number of nitrogens with one attached hydrogen (secondary N) is 1. The van der Waals surface area contributed by atoms with E-state index in [0.717, 1.165) is 48.7 Å². The van der Waals surface area contributed by atoms with Crippen molar-refractivity contribution in [3.05, 3.63) is 22.3 Å². The lowest BCUT2D eigenvalue weighted by atomic mass is 9.97. The Morgan fingerprint density at radius 1 is 1.25 bits per heavy atom. The van der Waals surface area contributed by atoms with Crippen molar-refractivity contribution in [1.29, 1.82) is 0 Å². The number of rotatable bonds is 3. The fourth-order valence-electron chi connectivity index (χ4n) is 3.43. The minimum absolute atomic E-state index is 0.0185. The van der Waals surface area contributed by atoms with Crippen molar-refractivity contribution in [1.82, 2.24) is 20.4 Å². The molecule has 1 saturated heterocycles. The molecule has 2 aliphatic rings. The third kappa shape index (κ3) is 3.10. The lowest BCUT2D eigenvalue weighted by Gasteiger charge is -2.32. The second-order valence-corrected chi connectivity index (χ2v) is 7.61. The molecule has 1 unspecified atom stereocenters. The predicted octanol–water partition coefficient (Wildman–Crippen LogP) is 1.98. The van der Waals surface area contributed by atoms with Crippen molar-refractivity contribution in [2.45, 2.75) is 39.0 Å². The number of nitrogens with zero attached hydrogens (tertiary/aromatic N) is 5. The summed E-state index contributed by atoms with van der Waals surface area (Å²) in [6.07, 6.45) is 5.16. The van der Waals surface area contributed by atoms with Gasteiger partial charge in [-0.15, -0.1) is 15.3 Å². The van der Waals surface area contributed by atoms with Gasteiger partial charge < -0.3 is 10.2 Å². The Bertz CT molecular complexity index is 761. The molecule has 3 heterocycles. The molecule has 0 radical (unpaired) electrons. The zero-order valence-corrected chi connectivity index (χ0v) is 14.5. The van der Waals surface area contributed by atoms with E-state index in [1.54, 1.807) is 0 Å². The summed E-state index contributed by atoms with van der Waals surface area (Å²) < 4.78 is 0. The Morgan fingerprint density at radius 3 is 3.00 bits per heavy atom. The van der Waals surface area contributed by atoms with Crippen molar-refractivity contribution in [3.63, 3.8) is 0 Å². The van der Waals surface area contributed by atoms with E-state index >= 15 is 0 Å². The van der Waals surface area contributed by atoms with Crippen LogP contribution in [0.3, 0.4) is 0 Å². The van der Waals surface area contributed by atoms with Gasteiger partial charge in [-0.25, -0.2) is 0 Å². The molecule has 1 aliphatic heterocycles. The zero-order valence-electron chi connectivity index (χ0n) is 13.7. The van der Waals surface area contributed by atoms with Gasteiger partial charge in [-0.2, -0.15) is 5.10 Å². The molecular formula is C16H20N6OS. The molecule has 1 atom stereocenters. The highest BCUT2D eigenvalue weighted by Gasteiger charge is 2.28. The monoisotopic (exact) mass is 344 g/mol. The third-order valence-electron chi connectivity index (χ3n) is 4.68. The van der Waals surface area contributed by atoms with Crippen LogP contribution in [-0.2, 0) is 17.6 Å². The maximum atomic E-state index is 12.5. The van der Waals surface area contributed by atoms with E-state index in [2.05, 4.69) is 36.7 Å². The Labute approximate surface area is 144 Å². The molecule has 0 spiro atoms. The number of piperidine rings is 1. The van der Waals surface area contributed by atoms with Crippen LogP contribution in [0.5, 0.6) is 0 Å². The summed E-state index contributed by atoms with van der Waals surface area (Å²) in [6.45, 7) is 3.48. The first kappa shape index (κ1) is 15.4. The molecule has 8 heteroatoms. The number of carbonyl (C=O) groups excluding carboxylic acids is 1. The smallest absolute Gasteiger partial charge is 0.231 e. The molecule has 24 heavy (non-hydrogen) atoms. The summed E-state index contributed by atoms with van der Waals surface area (Å²) in [5.41, 5.74) is 2.45. The van der Waals surface area contributed by atoms with Gasteiger partial charge in [0.2, 0.25) is 11.0 Å². The highest BCUT2D eigenvalue weighted by molar-refractivity contribution is 7.15. The molecule has 2 aromatic rings. The fraction of sp³-hybridized carbons (Fsp3) is 0.562. The molecule has 0 saturated carbocycles. The Morgan fingerprint density at radius 2 is 2.17 bits per heavy atom. The number of fused-ring (bicyclic) bond motifs is 1. The Kier molecular flexibility index (Phi) is 4.13. The molecule has 4 rings (SSSR count). The number of amides is 1. The van der Waals surface area contributed by atoms with Crippen LogP contribution >= 0.6 is 11.3 Å². The number of anilines is 2. The maximum Gasteiger partial charge on any atom is 0.231 e. The van der Waals surface area contributed by atoms with E-state index < -0.39 is 0 Å². The largest absolute Gasteiger partial charge is 0.354 e. The summed E-state index contributed by atoms with van der Waals surface area (Å²) in [6, 6.07) is 2.16. The van der Waals surface area contributed by atoms with E-state index in [0.29, 0.717) is 11.7 Å². The van der Waals surface area contributed by atoms with Crippen LogP contribution in [0.4, 0.5) is 10.9 Å². The van der Waals surface area contributed by atoms with Crippen LogP contribution in [-0.4, -0.2) is 39.4 Å². The molecule has 1 N–H and O–H groups in total. The van der Waals surface area contributed by atoms with Crippen LogP contribution in [0.1, 0.15) is 35.5 Å². The molecule has 126 valence electrons. The molecule has 7 nitrogen and oxygen atoms in total. The van der Waals surface area contributed by atoms with Gasteiger partial charge in [0.05, 0.1) is 11.6 Å². The van der Waals surface area contributed by atoms with Crippen LogP contribution in [0.2, 0.25) is 0 Å². The van der Waals surface area contributed by atoms with Crippen molar-refractivity contribution >= 4 is 28.2 Å². The Hall–Kier alpha value is -2.09. The van der Waals surface area contributed by atoms with Crippen LogP contribution in [0.15, 0.2) is 6.07 Å².